The number of nitro benzene ring substituents is 1. The summed E-state index contributed by atoms with van der Waals surface area (Å²) in [6, 6.07) is 4.56. The Balaban J connectivity index is 2.75. The summed E-state index contributed by atoms with van der Waals surface area (Å²) >= 11 is 0. The molecule has 22 heavy (non-hydrogen) atoms. The summed E-state index contributed by atoms with van der Waals surface area (Å²) in [4.78, 5) is 33.3. The number of methoxy groups -OCH3 is 1. The number of ether oxygens (including phenoxy) is 1. The number of hydrogen-bond donors (Lipinski definition) is 2. The third-order valence-electron chi connectivity index (χ3n) is 3.13. The molecule has 1 unspecified atom stereocenters. The van der Waals surface area contributed by atoms with Crippen molar-refractivity contribution < 1.29 is 19.2 Å². The molecule has 0 radical (unpaired) electrons. The highest BCUT2D eigenvalue weighted by Gasteiger charge is 2.25. The molecule has 1 aromatic rings. The minimum atomic E-state index is -0.780. The zero-order valence-corrected chi connectivity index (χ0v) is 12.9. The Morgan fingerprint density at radius 2 is 1.82 bits per heavy atom. The molecule has 0 saturated carbocycles. The second-order valence-electron chi connectivity index (χ2n) is 5.27. The third kappa shape index (κ3) is 4.44. The van der Waals surface area contributed by atoms with Crippen LogP contribution in [0.1, 0.15) is 26.3 Å². The molecule has 1 atom stereocenters. The number of carbonyl (C=O) groups excluding carboxylic acids is 2. The number of urea groups is 1. The molecule has 2 amide bonds. The Morgan fingerprint density at radius 3 is 2.27 bits per heavy atom. The van der Waals surface area contributed by atoms with Crippen molar-refractivity contribution >= 4 is 17.7 Å². The summed E-state index contributed by atoms with van der Waals surface area (Å²) in [6.07, 6.45) is 0. The van der Waals surface area contributed by atoms with Gasteiger partial charge in [0.15, 0.2) is 0 Å². The molecule has 1 aromatic carbocycles. The topological polar surface area (TPSA) is 111 Å². The summed E-state index contributed by atoms with van der Waals surface area (Å²) in [7, 11) is 1.24. The zero-order chi connectivity index (χ0) is 16.9. The average Bonchev–Trinajstić information content (AvgIpc) is 2.45. The van der Waals surface area contributed by atoms with Crippen LogP contribution in [0.5, 0.6) is 0 Å². The fourth-order valence-electron chi connectivity index (χ4n) is 1.82. The monoisotopic (exact) mass is 309 g/mol. The molecule has 120 valence electrons. The highest BCUT2D eigenvalue weighted by molar-refractivity contribution is 5.83. The van der Waals surface area contributed by atoms with Gasteiger partial charge < -0.3 is 15.4 Å². The van der Waals surface area contributed by atoms with Gasteiger partial charge in [-0.2, -0.15) is 0 Å². The fourth-order valence-corrected chi connectivity index (χ4v) is 1.82. The Kier molecular flexibility index (Phi) is 5.44. The van der Waals surface area contributed by atoms with Gasteiger partial charge in [0.2, 0.25) is 0 Å². The van der Waals surface area contributed by atoms with Crippen molar-refractivity contribution in [2.75, 3.05) is 7.11 Å². The molecule has 0 aliphatic heterocycles. The number of non-ortho nitro benzene ring substituents is 1. The maximum Gasteiger partial charge on any atom is 0.328 e. The first-order valence-corrected chi connectivity index (χ1v) is 6.59. The first-order chi connectivity index (χ1) is 10.2. The summed E-state index contributed by atoms with van der Waals surface area (Å²) in [6.45, 7) is 5.00. The number of amides is 2. The van der Waals surface area contributed by atoms with Crippen molar-refractivity contribution in [3.05, 3.63) is 39.9 Å². The molecule has 2 N–H and O–H groups in total. The molecule has 0 aromatic heterocycles. The molecule has 0 spiro atoms. The Bertz CT molecular complexity index is 568. The molecule has 0 fully saturated rings. The number of rotatable bonds is 5. The van der Waals surface area contributed by atoms with E-state index in [1.54, 1.807) is 26.0 Å². The van der Waals surface area contributed by atoms with E-state index in [0.29, 0.717) is 5.56 Å². The second kappa shape index (κ2) is 6.88. The molecule has 0 bridgehead atoms. The van der Waals surface area contributed by atoms with Crippen LogP contribution >= 0.6 is 0 Å². The minimum Gasteiger partial charge on any atom is -0.467 e. The second-order valence-corrected chi connectivity index (χ2v) is 5.27. The molecule has 0 aliphatic rings. The minimum absolute atomic E-state index is 0.0247. The average molecular weight is 309 g/mol. The van der Waals surface area contributed by atoms with Gasteiger partial charge in [-0.25, -0.2) is 9.59 Å². The van der Waals surface area contributed by atoms with Crippen LogP contribution in [0.25, 0.3) is 0 Å². The van der Waals surface area contributed by atoms with E-state index in [0.717, 1.165) is 0 Å². The number of nitro groups is 1. The first kappa shape index (κ1) is 17.4. The molecule has 1 rings (SSSR count). The smallest absolute Gasteiger partial charge is 0.328 e. The van der Waals surface area contributed by atoms with Gasteiger partial charge in [-0.05, 0) is 38.5 Å². The van der Waals surface area contributed by atoms with E-state index in [2.05, 4.69) is 15.4 Å². The van der Waals surface area contributed by atoms with Crippen LogP contribution in [-0.4, -0.2) is 30.1 Å². The van der Waals surface area contributed by atoms with Gasteiger partial charge in [0.25, 0.3) is 5.69 Å². The van der Waals surface area contributed by atoms with Gasteiger partial charge in [0.1, 0.15) is 6.04 Å². The van der Waals surface area contributed by atoms with Gasteiger partial charge in [0.05, 0.1) is 17.6 Å². The van der Waals surface area contributed by atoms with E-state index in [9.17, 15) is 19.7 Å². The van der Waals surface area contributed by atoms with Crippen LogP contribution in [0.4, 0.5) is 10.5 Å². The van der Waals surface area contributed by atoms with Crippen LogP contribution in [0, 0.1) is 10.1 Å². The molecular weight excluding hydrogens is 290 g/mol. The molecule has 0 aliphatic carbocycles. The predicted octanol–water partition coefficient (Wildman–Crippen LogP) is 1.69. The zero-order valence-electron chi connectivity index (χ0n) is 12.9. The van der Waals surface area contributed by atoms with Gasteiger partial charge >= 0.3 is 12.0 Å². The van der Waals surface area contributed by atoms with E-state index in [1.807, 2.05) is 0 Å². The van der Waals surface area contributed by atoms with Crippen molar-refractivity contribution in [3.63, 3.8) is 0 Å². The molecular formula is C14H19N3O5. The molecule has 8 nitrogen and oxygen atoms in total. The number of benzene rings is 1. The maximum absolute atomic E-state index is 11.9. The molecule has 8 heteroatoms. The van der Waals surface area contributed by atoms with Crippen molar-refractivity contribution in [1.82, 2.24) is 10.6 Å². The van der Waals surface area contributed by atoms with Crippen LogP contribution in [0.3, 0.4) is 0 Å². The van der Waals surface area contributed by atoms with E-state index in [4.69, 9.17) is 0 Å². The van der Waals surface area contributed by atoms with Gasteiger partial charge in [-0.3, -0.25) is 10.1 Å². The van der Waals surface area contributed by atoms with E-state index < -0.39 is 28.5 Å². The standard InChI is InChI=1S/C14H19N3O5/c1-9(12(18)22-4)15-13(19)16-14(2,3)10-5-7-11(8-6-10)17(20)21/h5-9H,1-4H3,(H2,15,16,19). The van der Waals surface area contributed by atoms with E-state index in [-0.39, 0.29) is 5.69 Å². The fraction of sp³-hybridized carbons (Fsp3) is 0.429. The number of esters is 1. The Morgan fingerprint density at radius 1 is 1.27 bits per heavy atom. The van der Waals surface area contributed by atoms with Crippen molar-refractivity contribution in [1.29, 1.82) is 0 Å². The lowest BCUT2D eigenvalue weighted by atomic mass is 9.94. The summed E-state index contributed by atoms with van der Waals surface area (Å²) in [5.74, 6) is -0.553. The summed E-state index contributed by atoms with van der Waals surface area (Å²) in [5.41, 5.74) is -0.100. The summed E-state index contributed by atoms with van der Waals surface area (Å²) in [5, 5.41) is 15.8. The third-order valence-corrected chi connectivity index (χ3v) is 3.13. The van der Waals surface area contributed by atoms with Gasteiger partial charge in [-0.15, -0.1) is 0 Å². The Hall–Kier alpha value is -2.64. The highest BCUT2D eigenvalue weighted by atomic mass is 16.6. The van der Waals surface area contributed by atoms with E-state index >= 15 is 0 Å². The number of nitrogens with one attached hydrogen (secondary N) is 2. The van der Waals surface area contributed by atoms with Crippen molar-refractivity contribution in [2.45, 2.75) is 32.4 Å². The normalized spacial score (nSPS) is 12.2. The van der Waals surface area contributed by atoms with Crippen molar-refractivity contribution in [3.8, 4) is 0 Å². The number of nitrogens with zero attached hydrogens (tertiary/aromatic N) is 1. The maximum atomic E-state index is 11.9. The van der Waals surface area contributed by atoms with Crippen LogP contribution in [-0.2, 0) is 15.1 Å². The predicted molar refractivity (Wildman–Crippen MR) is 79.3 cm³/mol. The Labute approximate surface area is 128 Å². The first-order valence-electron chi connectivity index (χ1n) is 6.59. The van der Waals surface area contributed by atoms with Gasteiger partial charge in [-0.1, -0.05) is 0 Å². The quantitative estimate of drug-likeness (QED) is 0.488. The lowest BCUT2D eigenvalue weighted by molar-refractivity contribution is -0.384. The van der Waals surface area contributed by atoms with Crippen molar-refractivity contribution in [2.24, 2.45) is 0 Å². The van der Waals surface area contributed by atoms with Crippen LogP contribution in [0.15, 0.2) is 24.3 Å². The van der Waals surface area contributed by atoms with Crippen LogP contribution < -0.4 is 10.6 Å². The lowest BCUT2D eigenvalue weighted by Gasteiger charge is -2.27. The number of hydrogen-bond acceptors (Lipinski definition) is 5. The molecule has 0 heterocycles. The largest absolute Gasteiger partial charge is 0.467 e. The highest BCUT2D eigenvalue weighted by Crippen LogP contribution is 2.22. The lowest BCUT2D eigenvalue weighted by Crippen LogP contribution is -2.50. The van der Waals surface area contributed by atoms with Gasteiger partial charge in [0, 0.05) is 12.1 Å². The SMILES string of the molecule is COC(=O)C(C)NC(=O)NC(C)(C)c1ccc([N+](=O)[O-])cc1. The number of carbonyl (C=O) groups is 2. The summed E-state index contributed by atoms with van der Waals surface area (Å²) < 4.78 is 4.52. The van der Waals surface area contributed by atoms with Crippen LogP contribution in [0.2, 0.25) is 0 Å². The molecule has 0 saturated heterocycles. The van der Waals surface area contributed by atoms with E-state index in [1.165, 1.54) is 26.2 Å².